The van der Waals surface area contributed by atoms with Gasteiger partial charge in [0.1, 0.15) is 5.52 Å². The van der Waals surface area contributed by atoms with Crippen LogP contribution in [0, 0.1) is 5.92 Å². The SMILES string of the molecule is CCNC(CSc1nc2ccccc2o1)C1CCCCC1. The molecule has 0 amide bonds. The average molecular weight is 304 g/mol. The Morgan fingerprint density at radius 2 is 2.10 bits per heavy atom. The molecule has 1 unspecified atom stereocenters. The van der Waals surface area contributed by atoms with E-state index < -0.39 is 0 Å². The van der Waals surface area contributed by atoms with E-state index >= 15 is 0 Å². The summed E-state index contributed by atoms with van der Waals surface area (Å²) in [6.07, 6.45) is 6.92. The van der Waals surface area contributed by atoms with E-state index in [4.69, 9.17) is 4.42 Å². The van der Waals surface area contributed by atoms with Gasteiger partial charge in [0.25, 0.3) is 5.22 Å². The minimum Gasteiger partial charge on any atom is -0.431 e. The summed E-state index contributed by atoms with van der Waals surface area (Å²) in [6, 6.07) is 8.56. The second-order valence-corrected chi connectivity index (χ2v) is 6.79. The van der Waals surface area contributed by atoms with Crippen molar-refractivity contribution in [3.05, 3.63) is 24.3 Å². The van der Waals surface area contributed by atoms with Gasteiger partial charge in [-0.15, -0.1) is 0 Å². The van der Waals surface area contributed by atoms with Crippen LogP contribution in [-0.4, -0.2) is 23.3 Å². The number of hydrogen-bond acceptors (Lipinski definition) is 4. The molecule has 1 atom stereocenters. The summed E-state index contributed by atoms with van der Waals surface area (Å²) in [7, 11) is 0. The van der Waals surface area contributed by atoms with Crippen molar-refractivity contribution >= 4 is 22.9 Å². The van der Waals surface area contributed by atoms with Crippen LogP contribution in [0.25, 0.3) is 11.1 Å². The molecule has 0 saturated heterocycles. The van der Waals surface area contributed by atoms with Gasteiger partial charge in [0, 0.05) is 11.8 Å². The quantitative estimate of drug-likeness (QED) is 0.799. The van der Waals surface area contributed by atoms with E-state index in [0.717, 1.165) is 34.5 Å². The van der Waals surface area contributed by atoms with E-state index in [9.17, 15) is 0 Å². The lowest BCUT2D eigenvalue weighted by Gasteiger charge is -2.30. The predicted molar refractivity (Wildman–Crippen MR) is 88.8 cm³/mol. The van der Waals surface area contributed by atoms with E-state index in [1.54, 1.807) is 11.8 Å². The molecule has 0 aliphatic heterocycles. The Bertz CT molecular complexity index is 530. The van der Waals surface area contributed by atoms with Crippen molar-refractivity contribution in [2.75, 3.05) is 12.3 Å². The zero-order valence-corrected chi connectivity index (χ0v) is 13.5. The molecule has 2 aromatic rings. The highest BCUT2D eigenvalue weighted by Crippen LogP contribution is 2.30. The summed E-state index contributed by atoms with van der Waals surface area (Å²) >= 11 is 1.75. The second kappa shape index (κ2) is 7.32. The standard InChI is InChI=1S/C17H24N2OS/c1-2-18-15(13-8-4-3-5-9-13)12-21-17-19-14-10-6-7-11-16(14)20-17/h6-7,10-11,13,15,18H,2-5,8-9,12H2,1H3. The van der Waals surface area contributed by atoms with Crippen molar-refractivity contribution in [2.45, 2.75) is 50.3 Å². The smallest absolute Gasteiger partial charge is 0.256 e. The number of benzene rings is 1. The molecule has 3 nitrogen and oxygen atoms in total. The Balaban J connectivity index is 1.62. The van der Waals surface area contributed by atoms with E-state index in [1.807, 2.05) is 24.3 Å². The largest absolute Gasteiger partial charge is 0.431 e. The molecule has 1 aromatic heterocycles. The van der Waals surface area contributed by atoms with Crippen LogP contribution in [0.4, 0.5) is 0 Å². The fraction of sp³-hybridized carbons (Fsp3) is 0.588. The minimum atomic E-state index is 0.579. The maximum atomic E-state index is 5.81. The summed E-state index contributed by atoms with van der Waals surface area (Å²) in [5.41, 5.74) is 1.84. The Kier molecular flexibility index (Phi) is 5.20. The zero-order chi connectivity index (χ0) is 14.5. The molecular formula is C17H24N2OS. The van der Waals surface area contributed by atoms with Crippen LogP contribution in [-0.2, 0) is 0 Å². The first-order valence-electron chi connectivity index (χ1n) is 8.08. The number of hydrogen-bond donors (Lipinski definition) is 1. The number of nitrogens with one attached hydrogen (secondary N) is 1. The Morgan fingerprint density at radius 3 is 2.86 bits per heavy atom. The van der Waals surface area contributed by atoms with Crippen LogP contribution < -0.4 is 5.32 Å². The first-order valence-corrected chi connectivity index (χ1v) is 9.07. The van der Waals surface area contributed by atoms with Crippen LogP contribution in [0.5, 0.6) is 0 Å². The van der Waals surface area contributed by atoms with Crippen LogP contribution >= 0.6 is 11.8 Å². The molecule has 1 saturated carbocycles. The number of aromatic nitrogens is 1. The highest BCUT2D eigenvalue weighted by atomic mass is 32.2. The fourth-order valence-electron chi connectivity index (χ4n) is 3.23. The Labute approximate surface area is 130 Å². The number of rotatable bonds is 6. The molecule has 21 heavy (non-hydrogen) atoms. The zero-order valence-electron chi connectivity index (χ0n) is 12.7. The van der Waals surface area contributed by atoms with Crippen molar-refractivity contribution in [1.29, 1.82) is 0 Å². The number of oxazole rings is 1. The van der Waals surface area contributed by atoms with Gasteiger partial charge in [-0.25, -0.2) is 4.98 Å². The van der Waals surface area contributed by atoms with Gasteiger partial charge in [-0.3, -0.25) is 0 Å². The van der Waals surface area contributed by atoms with Gasteiger partial charge in [-0.2, -0.15) is 0 Å². The topological polar surface area (TPSA) is 38.1 Å². The van der Waals surface area contributed by atoms with Gasteiger partial charge in [0.05, 0.1) is 0 Å². The van der Waals surface area contributed by atoms with Gasteiger partial charge in [-0.1, -0.05) is 50.1 Å². The second-order valence-electron chi connectivity index (χ2n) is 5.82. The normalized spacial score (nSPS) is 18.1. The molecule has 1 aliphatic rings. The molecule has 0 radical (unpaired) electrons. The molecule has 1 fully saturated rings. The molecule has 1 N–H and O–H groups in total. The van der Waals surface area contributed by atoms with Crippen molar-refractivity contribution < 1.29 is 4.42 Å². The minimum absolute atomic E-state index is 0.579. The first kappa shape index (κ1) is 14.9. The lowest BCUT2D eigenvalue weighted by atomic mass is 9.84. The molecule has 3 rings (SSSR count). The third-order valence-electron chi connectivity index (χ3n) is 4.35. The number of nitrogens with zero attached hydrogens (tertiary/aromatic N) is 1. The van der Waals surface area contributed by atoms with Crippen molar-refractivity contribution in [2.24, 2.45) is 5.92 Å². The number of fused-ring (bicyclic) bond motifs is 1. The van der Waals surface area contributed by atoms with E-state index in [-0.39, 0.29) is 0 Å². The van der Waals surface area contributed by atoms with Gasteiger partial charge >= 0.3 is 0 Å². The lowest BCUT2D eigenvalue weighted by molar-refractivity contribution is 0.287. The predicted octanol–water partition coefficient (Wildman–Crippen LogP) is 4.48. The Morgan fingerprint density at radius 1 is 1.29 bits per heavy atom. The molecule has 114 valence electrons. The van der Waals surface area contributed by atoms with E-state index in [1.165, 1.54) is 32.1 Å². The van der Waals surface area contributed by atoms with Gasteiger partial charge in [-0.05, 0) is 37.4 Å². The van der Waals surface area contributed by atoms with Crippen molar-refractivity contribution in [1.82, 2.24) is 10.3 Å². The van der Waals surface area contributed by atoms with Gasteiger partial charge in [0.15, 0.2) is 5.58 Å². The summed E-state index contributed by atoms with van der Waals surface area (Å²) in [5, 5.41) is 4.47. The highest BCUT2D eigenvalue weighted by Gasteiger charge is 2.23. The van der Waals surface area contributed by atoms with Crippen molar-refractivity contribution in [3.8, 4) is 0 Å². The van der Waals surface area contributed by atoms with E-state index in [2.05, 4.69) is 17.2 Å². The highest BCUT2D eigenvalue weighted by molar-refractivity contribution is 7.99. The monoisotopic (exact) mass is 304 g/mol. The fourth-order valence-corrected chi connectivity index (χ4v) is 4.26. The molecule has 1 aromatic carbocycles. The van der Waals surface area contributed by atoms with Gasteiger partial charge in [0.2, 0.25) is 0 Å². The maximum Gasteiger partial charge on any atom is 0.256 e. The first-order chi connectivity index (χ1) is 10.4. The average Bonchev–Trinajstić information content (AvgIpc) is 2.95. The van der Waals surface area contributed by atoms with Crippen molar-refractivity contribution in [3.63, 3.8) is 0 Å². The number of para-hydroxylation sites is 2. The van der Waals surface area contributed by atoms with E-state index in [0.29, 0.717) is 6.04 Å². The van der Waals surface area contributed by atoms with Crippen LogP contribution in [0.15, 0.2) is 33.9 Å². The number of thioether (sulfide) groups is 1. The Hall–Kier alpha value is -1.00. The lowest BCUT2D eigenvalue weighted by Crippen LogP contribution is -2.39. The van der Waals surface area contributed by atoms with Crippen LogP contribution in [0.2, 0.25) is 0 Å². The molecule has 1 heterocycles. The van der Waals surface area contributed by atoms with Gasteiger partial charge < -0.3 is 9.73 Å². The summed E-state index contributed by atoms with van der Waals surface area (Å²) in [6.45, 7) is 3.23. The third-order valence-corrected chi connectivity index (χ3v) is 5.29. The van der Waals surface area contributed by atoms with Crippen LogP contribution in [0.3, 0.4) is 0 Å². The molecular weight excluding hydrogens is 280 g/mol. The molecule has 0 bridgehead atoms. The molecule has 4 heteroatoms. The molecule has 0 spiro atoms. The summed E-state index contributed by atoms with van der Waals surface area (Å²) in [4.78, 5) is 4.56. The summed E-state index contributed by atoms with van der Waals surface area (Å²) in [5.74, 6) is 1.86. The maximum absolute atomic E-state index is 5.81. The summed E-state index contributed by atoms with van der Waals surface area (Å²) < 4.78 is 5.81. The van der Waals surface area contributed by atoms with Crippen LogP contribution in [0.1, 0.15) is 39.0 Å². The third kappa shape index (κ3) is 3.80. The molecule has 1 aliphatic carbocycles.